The molecule has 0 aliphatic rings. The van der Waals surface area contributed by atoms with Crippen molar-refractivity contribution in [2.75, 3.05) is 5.73 Å². The molecule has 8 heteroatoms. The molecule has 2 rings (SSSR count). The van der Waals surface area contributed by atoms with Crippen molar-refractivity contribution in [1.29, 1.82) is 5.26 Å². The predicted molar refractivity (Wildman–Crippen MR) is 77.0 cm³/mol. The molecule has 0 unspecified atom stereocenters. The first-order chi connectivity index (χ1) is 9.86. The molecule has 0 aliphatic heterocycles. The van der Waals surface area contributed by atoms with Crippen molar-refractivity contribution in [1.82, 2.24) is 15.0 Å². The summed E-state index contributed by atoms with van der Waals surface area (Å²) >= 11 is 0. The van der Waals surface area contributed by atoms with Gasteiger partial charge in [0.05, 0.1) is 23.4 Å². The van der Waals surface area contributed by atoms with E-state index in [1.807, 2.05) is 6.07 Å². The van der Waals surface area contributed by atoms with Crippen LogP contribution in [0.5, 0.6) is 0 Å². The summed E-state index contributed by atoms with van der Waals surface area (Å²) in [6.45, 7) is 3.42. The minimum Gasteiger partial charge on any atom is -0.381 e. The zero-order chi connectivity index (χ0) is 15.6. The van der Waals surface area contributed by atoms with Gasteiger partial charge in [0.25, 0.3) is 0 Å². The molecule has 2 N–H and O–H groups in total. The standard InChI is InChI=1S/C13H15N5O2S/c1-9(2)21(19,20)13-12(15)18(17-16-13)8-11-5-3-10(7-14)4-6-11/h3-6,9H,8,15H2,1-2H3. The number of rotatable bonds is 4. The second-order valence-corrected chi connectivity index (χ2v) is 7.26. The molecule has 0 bridgehead atoms. The second-order valence-electron chi connectivity index (χ2n) is 4.84. The number of nitriles is 1. The maximum atomic E-state index is 12.1. The third kappa shape index (κ3) is 2.87. The minimum absolute atomic E-state index is 0.0214. The summed E-state index contributed by atoms with van der Waals surface area (Å²) in [5, 5.41) is 15.4. The highest BCUT2D eigenvalue weighted by atomic mass is 32.2. The zero-order valence-corrected chi connectivity index (χ0v) is 12.5. The van der Waals surface area contributed by atoms with Crippen LogP contribution in [0.15, 0.2) is 29.3 Å². The summed E-state index contributed by atoms with van der Waals surface area (Å²) in [5.41, 5.74) is 7.23. The lowest BCUT2D eigenvalue weighted by Gasteiger charge is -2.06. The van der Waals surface area contributed by atoms with E-state index in [-0.39, 0.29) is 17.4 Å². The molecule has 0 amide bonds. The van der Waals surface area contributed by atoms with Gasteiger partial charge in [0.1, 0.15) is 0 Å². The number of hydrogen-bond acceptors (Lipinski definition) is 6. The van der Waals surface area contributed by atoms with Crippen molar-refractivity contribution in [3.8, 4) is 6.07 Å². The van der Waals surface area contributed by atoms with Crippen LogP contribution >= 0.6 is 0 Å². The molecule has 0 saturated heterocycles. The molecule has 7 nitrogen and oxygen atoms in total. The van der Waals surface area contributed by atoms with Gasteiger partial charge in [-0.15, -0.1) is 5.10 Å². The fraction of sp³-hybridized carbons (Fsp3) is 0.308. The summed E-state index contributed by atoms with van der Waals surface area (Å²) in [5.74, 6) is 0.0214. The monoisotopic (exact) mass is 305 g/mol. The van der Waals surface area contributed by atoms with Gasteiger partial charge in [-0.1, -0.05) is 17.3 Å². The number of anilines is 1. The summed E-state index contributed by atoms with van der Waals surface area (Å²) in [6, 6.07) is 8.90. The summed E-state index contributed by atoms with van der Waals surface area (Å²) in [7, 11) is -3.55. The van der Waals surface area contributed by atoms with E-state index in [1.165, 1.54) is 4.68 Å². The van der Waals surface area contributed by atoms with Crippen LogP contribution in [0.3, 0.4) is 0 Å². The van der Waals surface area contributed by atoms with E-state index in [4.69, 9.17) is 11.0 Å². The Morgan fingerprint density at radius 3 is 2.48 bits per heavy atom. The van der Waals surface area contributed by atoms with Crippen LogP contribution in [0, 0.1) is 11.3 Å². The number of nitrogen functional groups attached to an aromatic ring is 1. The van der Waals surface area contributed by atoms with Gasteiger partial charge >= 0.3 is 0 Å². The lowest BCUT2D eigenvalue weighted by Crippen LogP contribution is -2.16. The number of aromatic nitrogens is 3. The quantitative estimate of drug-likeness (QED) is 0.899. The third-order valence-electron chi connectivity index (χ3n) is 3.05. The highest BCUT2D eigenvalue weighted by Gasteiger charge is 2.27. The Morgan fingerprint density at radius 2 is 1.95 bits per heavy atom. The number of sulfone groups is 1. The van der Waals surface area contributed by atoms with E-state index in [0.29, 0.717) is 5.56 Å². The van der Waals surface area contributed by atoms with Crippen molar-refractivity contribution in [3.63, 3.8) is 0 Å². The Labute approximate surface area is 122 Å². The SMILES string of the molecule is CC(C)S(=O)(=O)c1nnn(Cc2ccc(C#N)cc2)c1N. The first-order valence-electron chi connectivity index (χ1n) is 6.28. The van der Waals surface area contributed by atoms with Crippen molar-refractivity contribution in [2.45, 2.75) is 30.7 Å². The molecule has 0 aliphatic carbocycles. The highest BCUT2D eigenvalue weighted by molar-refractivity contribution is 7.92. The van der Waals surface area contributed by atoms with Crippen LogP contribution in [-0.2, 0) is 16.4 Å². The number of hydrogen-bond donors (Lipinski definition) is 1. The number of benzene rings is 1. The number of nitrogens with two attached hydrogens (primary N) is 1. The van der Waals surface area contributed by atoms with E-state index in [0.717, 1.165) is 5.56 Å². The van der Waals surface area contributed by atoms with Crippen molar-refractivity contribution < 1.29 is 8.42 Å². The molecular weight excluding hydrogens is 290 g/mol. The van der Waals surface area contributed by atoms with Crippen LogP contribution in [0.2, 0.25) is 0 Å². The van der Waals surface area contributed by atoms with Crippen LogP contribution in [0.1, 0.15) is 25.0 Å². The maximum absolute atomic E-state index is 12.1. The topological polar surface area (TPSA) is 115 Å². The Kier molecular flexibility index (Phi) is 3.95. The molecule has 0 spiro atoms. The molecule has 0 fully saturated rings. The Hall–Kier alpha value is -2.40. The van der Waals surface area contributed by atoms with Crippen molar-refractivity contribution >= 4 is 15.7 Å². The van der Waals surface area contributed by atoms with Crippen LogP contribution in [0.4, 0.5) is 5.82 Å². The van der Waals surface area contributed by atoms with Gasteiger partial charge in [0.2, 0.25) is 14.9 Å². The largest absolute Gasteiger partial charge is 0.381 e. The van der Waals surface area contributed by atoms with Gasteiger partial charge < -0.3 is 5.73 Å². The molecular formula is C13H15N5O2S. The molecule has 0 saturated carbocycles. The normalized spacial score (nSPS) is 11.5. The first kappa shape index (κ1) is 15.0. The Morgan fingerprint density at radius 1 is 1.33 bits per heavy atom. The minimum atomic E-state index is -3.55. The predicted octanol–water partition coefficient (Wildman–Crippen LogP) is 0.962. The summed E-state index contributed by atoms with van der Waals surface area (Å²) < 4.78 is 25.5. The lowest BCUT2D eigenvalue weighted by atomic mass is 10.1. The van der Waals surface area contributed by atoms with Crippen LogP contribution in [0.25, 0.3) is 0 Å². The maximum Gasteiger partial charge on any atom is 0.221 e. The second kappa shape index (κ2) is 5.54. The molecule has 0 atom stereocenters. The van der Waals surface area contributed by atoms with Gasteiger partial charge in [-0.05, 0) is 31.5 Å². The Bertz CT molecular complexity index is 785. The van der Waals surface area contributed by atoms with Gasteiger partial charge in [-0.2, -0.15) is 5.26 Å². The molecule has 0 radical (unpaired) electrons. The van der Waals surface area contributed by atoms with E-state index >= 15 is 0 Å². The Balaban J connectivity index is 2.31. The highest BCUT2D eigenvalue weighted by Crippen LogP contribution is 2.20. The van der Waals surface area contributed by atoms with Crippen LogP contribution < -0.4 is 5.73 Å². The molecule has 1 aromatic heterocycles. The van der Waals surface area contributed by atoms with Crippen molar-refractivity contribution in [2.24, 2.45) is 0 Å². The molecule has 21 heavy (non-hydrogen) atoms. The fourth-order valence-corrected chi connectivity index (χ4v) is 2.70. The van der Waals surface area contributed by atoms with Crippen LogP contribution in [-0.4, -0.2) is 28.7 Å². The van der Waals surface area contributed by atoms with Gasteiger partial charge in [-0.25, -0.2) is 13.1 Å². The summed E-state index contributed by atoms with van der Waals surface area (Å²) in [4.78, 5) is 0. The van der Waals surface area contributed by atoms with E-state index in [9.17, 15) is 8.42 Å². The fourth-order valence-electron chi connectivity index (χ4n) is 1.70. The zero-order valence-electron chi connectivity index (χ0n) is 11.7. The summed E-state index contributed by atoms with van der Waals surface area (Å²) in [6.07, 6.45) is 0. The van der Waals surface area contributed by atoms with Gasteiger partial charge in [0.15, 0.2) is 5.82 Å². The van der Waals surface area contributed by atoms with E-state index < -0.39 is 15.1 Å². The van der Waals surface area contributed by atoms with E-state index in [2.05, 4.69) is 10.3 Å². The molecule has 1 aromatic carbocycles. The smallest absolute Gasteiger partial charge is 0.221 e. The molecule has 110 valence electrons. The average molecular weight is 305 g/mol. The van der Waals surface area contributed by atoms with Gasteiger partial charge in [0, 0.05) is 0 Å². The first-order valence-corrected chi connectivity index (χ1v) is 7.82. The third-order valence-corrected chi connectivity index (χ3v) is 5.12. The van der Waals surface area contributed by atoms with Crippen molar-refractivity contribution in [3.05, 3.63) is 35.4 Å². The average Bonchev–Trinajstić information content (AvgIpc) is 2.81. The number of nitrogens with zero attached hydrogens (tertiary/aromatic N) is 4. The van der Waals surface area contributed by atoms with Gasteiger partial charge in [-0.3, -0.25) is 0 Å². The van der Waals surface area contributed by atoms with E-state index in [1.54, 1.807) is 38.1 Å². The lowest BCUT2D eigenvalue weighted by molar-refractivity contribution is 0.583. The molecule has 1 heterocycles. The molecule has 2 aromatic rings.